The van der Waals surface area contributed by atoms with Crippen LogP contribution in [0.2, 0.25) is 5.02 Å². The summed E-state index contributed by atoms with van der Waals surface area (Å²) in [5.74, 6) is -1.03. The van der Waals surface area contributed by atoms with E-state index in [0.717, 1.165) is 16.5 Å². The van der Waals surface area contributed by atoms with E-state index in [4.69, 9.17) is 21.1 Å². The Kier molecular flexibility index (Phi) is 8.19. The van der Waals surface area contributed by atoms with Crippen molar-refractivity contribution in [3.05, 3.63) is 64.8 Å². The third-order valence-corrected chi connectivity index (χ3v) is 5.83. The molecule has 0 spiro atoms. The number of hydrogen-bond acceptors (Lipinski definition) is 8. The fourth-order valence-corrected chi connectivity index (χ4v) is 3.98. The maximum Gasteiger partial charge on any atom is 0.573 e. The monoisotopic (exact) mass is 556 g/mol. The number of rotatable bonds is 10. The molecule has 0 saturated heterocycles. The van der Waals surface area contributed by atoms with Gasteiger partial charge in [0.25, 0.3) is 11.9 Å². The van der Waals surface area contributed by atoms with E-state index >= 15 is 0 Å². The third kappa shape index (κ3) is 6.06. The van der Waals surface area contributed by atoms with Crippen LogP contribution in [-0.4, -0.2) is 76.7 Å². The van der Waals surface area contributed by atoms with E-state index in [1.165, 1.54) is 34.7 Å². The van der Waals surface area contributed by atoms with Gasteiger partial charge in [0.15, 0.2) is 23.0 Å². The van der Waals surface area contributed by atoms with Gasteiger partial charge in [-0.3, -0.25) is 14.3 Å². The van der Waals surface area contributed by atoms with Crippen LogP contribution in [0.4, 0.5) is 19.0 Å². The number of aliphatic hydroxyl groups is 2. The van der Waals surface area contributed by atoms with E-state index in [1.54, 1.807) is 24.3 Å². The summed E-state index contributed by atoms with van der Waals surface area (Å²) >= 11 is 5.99. The lowest BCUT2D eigenvalue weighted by Crippen LogP contribution is -2.55. The predicted molar refractivity (Wildman–Crippen MR) is 129 cm³/mol. The Balaban J connectivity index is 1.57. The third-order valence-electron chi connectivity index (χ3n) is 5.58. The molecule has 1 unspecified atom stereocenters. The van der Waals surface area contributed by atoms with Crippen LogP contribution in [0.5, 0.6) is 17.5 Å². The molecule has 2 N–H and O–H groups in total. The van der Waals surface area contributed by atoms with Gasteiger partial charge in [-0.15, -0.1) is 13.2 Å². The number of para-hydroxylation sites is 2. The smallest absolute Gasteiger partial charge is 0.486 e. The zero-order valence-corrected chi connectivity index (χ0v) is 20.8. The number of nitrogens with zero attached hydrogens (tertiary/aromatic N) is 4. The lowest BCUT2D eigenvalue weighted by atomic mass is 10.2. The summed E-state index contributed by atoms with van der Waals surface area (Å²) in [6.07, 6.45) is -6.24. The van der Waals surface area contributed by atoms with Gasteiger partial charge in [-0.25, -0.2) is 0 Å². The van der Waals surface area contributed by atoms with Crippen molar-refractivity contribution in [3.63, 3.8) is 0 Å². The van der Waals surface area contributed by atoms with Crippen molar-refractivity contribution in [3.8, 4) is 17.5 Å². The number of imidazole rings is 1. The van der Waals surface area contributed by atoms with Crippen molar-refractivity contribution >= 4 is 23.3 Å². The summed E-state index contributed by atoms with van der Waals surface area (Å²) in [5.41, 5.74) is 0.894. The van der Waals surface area contributed by atoms with Crippen molar-refractivity contribution in [2.24, 2.45) is 0 Å². The number of aliphatic hydroxyl groups excluding tert-OH is 2. The molecule has 10 nitrogen and oxygen atoms in total. The quantitative estimate of drug-likeness (QED) is 0.367. The average molecular weight is 557 g/mol. The Morgan fingerprint density at radius 2 is 1.71 bits per heavy atom. The van der Waals surface area contributed by atoms with Crippen LogP contribution in [0.1, 0.15) is 16.1 Å². The van der Waals surface area contributed by atoms with Gasteiger partial charge in [0, 0.05) is 18.6 Å². The maximum atomic E-state index is 13.3. The molecule has 1 aliphatic rings. The first kappa shape index (κ1) is 27.4. The fraction of sp³-hybridized carbons (Fsp3) is 0.333. The highest BCUT2D eigenvalue weighted by Gasteiger charge is 2.40. The molecule has 1 amide bonds. The number of amides is 1. The van der Waals surface area contributed by atoms with Crippen molar-refractivity contribution in [1.29, 1.82) is 0 Å². The van der Waals surface area contributed by atoms with Crippen LogP contribution in [-0.2, 0) is 6.54 Å². The van der Waals surface area contributed by atoms with Gasteiger partial charge in [-0.1, -0.05) is 35.9 Å². The Hall–Kier alpha value is -3.68. The molecule has 1 aliphatic heterocycles. The number of fused-ring (bicyclic) bond motifs is 1. The minimum Gasteiger partial charge on any atom is -0.486 e. The Labute approximate surface area is 220 Å². The summed E-state index contributed by atoms with van der Waals surface area (Å²) in [6, 6.07) is 12.2. The van der Waals surface area contributed by atoms with E-state index in [9.17, 15) is 28.2 Å². The largest absolute Gasteiger partial charge is 0.573 e. The van der Waals surface area contributed by atoms with Crippen molar-refractivity contribution in [2.75, 3.05) is 38.3 Å². The zero-order chi connectivity index (χ0) is 27.4. The van der Waals surface area contributed by atoms with E-state index in [0.29, 0.717) is 5.02 Å². The second kappa shape index (κ2) is 11.4. The van der Waals surface area contributed by atoms with Gasteiger partial charge in [0.2, 0.25) is 6.35 Å². The Bertz CT molecular complexity index is 1270. The molecule has 0 fully saturated rings. The molecular weight excluding hydrogens is 533 g/mol. The van der Waals surface area contributed by atoms with Crippen molar-refractivity contribution in [1.82, 2.24) is 14.5 Å². The van der Waals surface area contributed by atoms with E-state index in [2.05, 4.69) is 9.72 Å². The second-order valence-electron chi connectivity index (χ2n) is 8.15. The van der Waals surface area contributed by atoms with Gasteiger partial charge in [0.1, 0.15) is 13.2 Å². The van der Waals surface area contributed by atoms with Crippen LogP contribution in [0.25, 0.3) is 0 Å². The Morgan fingerprint density at radius 3 is 2.37 bits per heavy atom. The number of alkyl halides is 3. The number of hydrogen-bond donors (Lipinski definition) is 2. The van der Waals surface area contributed by atoms with Crippen LogP contribution in [0.15, 0.2) is 48.5 Å². The summed E-state index contributed by atoms with van der Waals surface area (Å²) in [4.78, 5) is 20.1. The second-order valence-corrected chi connectivity index (χ2v) is 8.59. The fourth-order valence-electron chi connectivity index (χ4n) is 3.85. The summed E-state index contributed by atoms with van der Waals surface area (Å²) in [6.45, 7) is -0.630. The number of carbonyl (C=O) groups is 1. The summed E-state index contributed by atoms with van der Waals surface area (Å²) < 4.78 is 54.7. The molecule has 2 heterocycles. The molecule has 14 heteroatoms. The molecule has 0 bridgehead atoms. The highest BCUT2D eigenvalue weighted by Crippen LogP contribution is 2.34. The zero-order valence-electron chi connectivity index (χ0n) is 20.1. The van der Waals surface area contributed by atoms with Crippen molar-refractivity contribution in [2.45, 2.75) is 19.3 Å². The molecule has 0 radical (unpaired) electrons. The number of ether oxygens (including phenoxy) is 3. The molecule has 38 heavy (non-hydrogen) atoms. The molecule has 0 saturated carbocycles. The van der Waals surface area contributed by atoms with E-state index < -0.39 is 24.4 Å². The number of anilines is 1. The molecule has 1 aromatic heterocycles. The molecule has 1 atom stereocenters. The predicted octanol–water partition coefficient (Wildman–Crippen LogP) is 3.10. The van der Waals surface area contributed by atoms with Crippen molar-refractivity contribution < 1.29 is 42.4 Å². The minimum absolute atomic E-state index is 0.0200. The number of carbonyl (C=O) groups excluding carboxylic acids is 1. The number of halogens is 4. The SMILES string of the molecule is CN1c2nc(OCCOc3ccccc3OC(F)(F)F)n(Cc3ccc(Cl)cc3)c2C(=O)N(CCO)C1O. The highest BCUT2D eigenvalue weighted by molar-refractivity contribution is 6.30. The average Bonchev–Trinajstić information content (AvgIpc) is 3.22. The maximum absolute atomic E-state index is 13.3. The standard InChI is InChI=1S/C24H24ClF3N4O6/c1-30-20-19(21(34)31(10-11-33)23(30)35)32(14-15-6-8-16(25)9-7-15)22(29-20)37-13-12-36-17-4-2-3-5-18(17)38-24(26,27)28/h2-9,23,33,35H,10-14H2,1H3. The molecular formula is C24H24ClF3N4O6. The summed E-state index contributed by atoms with van der Waals surface area (Å²) in [7, 11) is 1.53. The Morgan fingerprint density at radius 1 is 1.05 bits per heavy atom. The van der Waals surface area contributed by atoms with Gasteiger partial charge in [0.05, 0.1) is 13.2 Å². The molecule has 3 aromatic rings. The number of β-amino-alcohol motifs (C(OH)–C–C–N with tert-alkyl or cyclic N) is 1. The number of aromatic nitrogens is 2. The number of benzene rings is 2. The lowest BCUT2D eigenvalue weighted by Gasteiger charge is -2.38. The normalized spacial score (nSPS) is 15.4. The molecule has 4 rings (SSSR count). The first-order chi connectivity index (χ1) is 18.1. The minimum atomic E-state index is -4.88. The van der Waals surface area contributed by atoms with Crippen LogP contribution >= 0.6 is 11.6 Å². The molecule has 2 aromatic carbocycles. The van der Waals surface area contributed by atoms with Crippen LogP contribution in [0.3, 0.4) is 0 Å². The van der Waals surface area contributed by atoms with Gasteiger partial charge in [-0.05, 0) is 29.8 Å². The first-order valence-electron chi connectivity index (χ1n) is 11.4. The van der Waals surface area contributed by atoms with Gasteiger partial charge < -0.3 is 29.3 Å². The summed E-state index contributed by atoms with van der Waals surface area (Å²) in [5, 5.41) is 20.5. The molecule has 0 aliphatic carbocycles. The topological polar surface area (TPSA) is 110 Å². The van der Waals surface area contributed by atoms with Gasteiger partial charge >= 0.3 is 6.36 Å². The lowest BCUT2D eigenvalue weighted by molar-refractivity contribution is -0.275. The van der Waals surface area contributed by atoms with Crippen LogP contribution in [0, 0.1) is 0 Å². The van der Waals surface area contributed by atoms with Crippen LogP contribution < -0.4 is 19.1 Å². The first-order valence-corrected chi connectivity index (χ1v) is 11.7. The highest BCUT2D eigenvalue weighted by atomic mass is 35.5. The van der Waals surface area contributed by atoms with E-state index in [-0.39, 0.29) is 56.2 Å². The van der Waals surface area contributed by atoms with E-state index in [1.807, 2.05) is 0 Å². The molecule has 204 valence electrons. The van der Waals surface area contributed by atoms with Gasteiger partial charge in [-0.2, -0.15) is 4.98 Å².